The Bertz CT molecular complexity index is 654. The van der Waals surface area contributed by atoms with Crippen molar-refractivity contribution in [3.05, 3.63) is 23.8 Å². The van der Waals surface area contributed by atoms with Gasteiger partial charge in [-0.3, -0.25) is 9.59 Å². The Labute approximate surface area is 141 Å². The van der Waals surface area contributed by atoms with Crippen LogP contribution in [0.5, 0.6) is 11.5 Å². The lowest BCUT2D eigenvalue weighted by molar-refractivity contribution is -0.130. The van der Waals surface area contributed by atoms with Gasteiger partial charge in [0.2, 0.25) is 18.6 Å². The number of likely N-dealkylation sites (tertiary alicyclic amines) is 1. The van der Waals surface area contributed by atoms with Crippen LogP contribution in [-0.4, -0.2) is 36.1 Å². The third-order valence-electron chi connectivity index (χ3n) is 5.20. The quantitative estimate of drug-likeness (QED) is 0.914. The molecule has 1 N–H and O–H groups in total. The second kappa shape index (κ2) is 6.34. The predicted molar refractivity (Wildman–Crippen MR) is 86.5 cm³/mol. The van der Waals surface area contributed by atoms with E-state index in [4.69, 9.17) is 9.47 Å². The standard InChI is InChI=1S/C18H22N2O4/c21-17-8-13(10-20(17)14-3-1-2-4-14)18(22)19-9-12-5-6-15-16(7-12)24-11-23-15/h5-7,13-14H,1-4,8-11H2,(H,19,22). The molecule has 1 saturated heterocycles. The number of nitrogens with one attached hydrogen (secondary N) is 1. The molecule has 6 nitrogen and oxygen atoms in total. The highest BCUT2D eigenvalue weighted by Gasteiger charge is 2.38. The van der Waals surface area contributed by atoms with Gasteiger partial charge < -0.3 is 19.7 Å². The number of carbonyl (C=O) groups excluding carboxylic acids is 2. The van der Waals surface area contributed by atoms with Gasteiger partial charge in [0.1, 0.15) is 0 Å². The molecule has 0 bridgehead atoms. The van der Waals surface area contributed by atoms with Crippen molar-refractivity contribution in [1.82, 2.24) is 10.2 Å². The third-order valence-corrected chi connectivity index (χ3v) is 5.20. The minimum absolute atomic E-state index is 0.0403. The first-order valence-corrected chi connectivity index (χ1v) is 8.66. The van der Waals surface area contributed by atoms with Crippen LogP contribution in [0.15, 0.2) is 18.2 Å². The predicted octanol–water partition coefficient (Wildman–Crippen LogP) is 1.82. The first-order chi connectivity index (χ1) is 11.7. The van der Waals surface area contributed by atoms with Crippen LogP contribution < -0.4 is 14.8 Å². The van der Waals surface area contributed by atoms with E-state index in [2.05, 4.69) is 5.32 Å². The second-order valence-corrected chi connectivity index (χ2v) is 6.79. The van der Waals surface area contributed by atoms with Crippen molar-refractivity contribution < 1.29 is 19.1 Å². The highest BCUT2D eigenvalue weighted by atomic mass is 16.7. The summed E-state index contributed by atoms with van der Waals surface area (Å²) in [7, 11) is 0. The molecule has 3 aliphatic rings. The fraction of sp³-hybridized carbons (Fsp3) is 0.556. The number of hydrogen-bond acceptors (Lipinski definition) is 4. The maximum atomic E-state index is 12.4. The van der Waals surface area contributed by atoms with E-state index in [0.29, 0.717) is 31.3 Å². The zero-order chi connectivity index (χ0) is 16.5. The van der Waals surface area contributed by atoms with Gasteiger partial charge >= 0.3 is 0 Å². The number of carbonyl (C=O) groups is 2. The fourth-order valence-corrected chi connectivity index (χ4v) is 3.86. The van der Waals surface area contributed by atoms with Crippen molar-refractivity contribution in [3.63, 3.8) is 0 Å². The Morgan fingerprint density at radius 1 is 1.21 bits per heavy atom. The van der Waals surface area contributed by atoms with Crippen LogP contribution in [0.3, 0.4) is 0 Å². The van der Waals surface area contributed by atoms with Gasteiger partial charge in [0.25, 0.3) is 0 Å². The van der Waals surface area contributed by atoms with Gasteiger partial charge in [0.15, 0.2) is 11.5 Å². The molecule has 2 heterocycles. The number of ether oxygens (including phenoxy) is 2. The van der Waals surface area contributed by atoms with Crippen LogP contribution in [0.2, 0.25) is 0 Å². The molecular weight excluding hydrogens is 308 g/mol. The summed E-state index contributed by atoms with van der Waals surface area (Å²) < 4.78 is 10.6. The van der Waals surface area contributed by atoms with Crippen molar-refractivity contribution in [2.45, 2.75) is 44.7 Å². The van der Waals surface area contributed by atoms with Crippen LogP contribution in [0.1, 0.15) is 37.7 Å². The van der Waals surface area contributed by atoms with Gasteiger partial charge in [0.05, 0.1) is 5.92 Å². The van der Waals surface area contributed by atoms with Gasteiger partial charge in [-0.1, -0.05) is 18.9 Å². The number of nitrogens with zero attached hydrogens (tertiary/aromatic N) is 1. The van der Waals surface area contributed by atoms with Crippen LogP contribution in [0, 0.1) is 5.92 Å². The monoisotopic (exact) mass is 330 g/mol. The van der Waals surface area contributed by atoms with Crippen LogP contribution in [0.25, 0.3) is 0 Å². The molecule has 128 valence electrons. The topological polar surface area (TPSA) is 67.9 Å². The first kappa shape index (κ1) is 15.3. The van der Waals surface area contributed by atoms with E-state index in [-0.39, 0.29) is 24.5 Å². The van der Waals surface area contributed by atoms with Crippen molar-refractivity contribution in [2.24, 2.45) is 5.92 Å². The lowest BCUT2D eigenvalue weighted by Crippen LogP contribution is -2.36. The van der Waals surface area contributed by atoms with Gasteiger partial charge in [-0.15, -0.1) is 0 Å². The molecule has 1 unspecified atom stereocenters. The average molecular weight is 330 g/mol. The van der Waals surface area contributed by atoms with Crippen LogP contribution in [0.4, 0.5) is 0 Å². The second-order valence-electron chi connectivity index (χ2n) is 6.79. The first-order valence-electron chi connectivity index (χ1n) is 8.66. The molecule has 1 aliphatic carbocycles. The van der Waals surface area contributed by atoms with Crippen molar-refractivity contribution in [3.8, 4) is 11.5 Å². The summed E-state index contributed by atoms with van der Waals surface area (Å²) in [4.78, 5) is 26.5. The Morgan fingerprint density at radius 3 is 2.83 bits per heavy atom. The molecule has 1 aromatic carbocycles. The van der Waals surface area contributed by atoms with E-state index in [1.165, 1.54) is 12.8 Å². The Hall–Kier alpha value is -2.24. The summed E-state index contributed by atoms with van der Waals surface area (Å²) >= 11 is 0. The lowest BCUT2D eigenvalue weighted by atomic mass is 10.1. The van der Waals surface area contributed by atoms with Gasteiger partial charge in [-0.25, -0.2) is 0 Å². The molecular formula is C18H22N2O4. The Balaban J connectivity index is 1.32. The minimum Gasteiger partial charge on any atom is -0.454 e. The summed E-state index contributed by atoms with van der Waals surface area (Å²) in [5, 5.41) is 2.95. The Morgan fingerprint density at radius 2 is 2.00 bits per heavy atom. The number of fused-ring (bicyclic) bond motifs is 1. The summed E-state index contributed by atoms with van der Waals surface area (Å²) in [6, 6.07) is 6.00. The molecule has 2 fully saturated rings. The fourth-order valence-electron chi connectivity index (χ4n) is 3.86. The highest BCUT2D eigenvalue weighted by Crippen LogP contribution is 2.32. The molecule has 2 amide bonds. The number of hydrogen-bond donors (Lipinski definition) is 1. The molecule has 2 aliphatic heterocycles. The van der Waals surface area contributed by atoms with Crippen molar-refractivity contribution in [2.75, 3.05) is 13.3 Å². The third kappa shape index (κ3) is 2.92. The Kier molecular flexibility index (Phi) is 4.04. The maximum absolute atomic E-state index is 12.4. The van der Waals surface area contributed by atoms with E-state index in [1.54, 1.807) is 0 Å². The molecule has 24 heavy (non-hydrogen) atoms. The zero-order valence-electron chi connectivity index (χ0n) is 13.6. The SMILES string of the molecule is O=C(NCc1ccc2c(c1)OCO2)C1CC(=O)N(C2CCCC2)C1. The molecule has 6 heteroatoms. The summed E-state index contributed by atoms with van der Waals surface area (Å²) in [5.74, 6) is 1.31. The maximum Gasteiger partial charge on any atom is 0.231 e. The smallest absolute Gasteiger partial charge is 0.231 e. The van der Waals surface area contributed by atoms with E-state index in [9.17, 15) is 9.59 Å². The molecule has 0 aromatic heterocycles. The number of benzene rings is 1. The number of rotatable bonds is 4. The number of amides is 2. The van der Waals surface area contributed by atoms with Gasteiger partial charge in [-0.2, -0.15) is 0 Å². The van der Waals surface area contributed by atoms with Crippen LogP contribution in [-0.2, 0) is 16.1 Å². The van der Waals surface area contributed by atoms with Gasteiger partial charge in [-0.05, 0) is 30.5 Å². The molecule has 1 saturated carbocycles. The van der Waals surface area contributed by atoms with Crippen molar-refractivity contribution >= 4 is 11.8 Å². The molecule has 0 spiro atoms. The average Bonchev–Trinajstić information content (AvgIpc) is 3.31. The molecule has 1 aromatic rings. The van der Waals surface area contributed by atoms with E-state index in [1.807, 2.05) is 23.1 Å². The van der Waals surface area contributed by atoms with E-state index >= 15 is 0 Å². The zero-order valence-corrected chi connectivity index (χ0v) is 13.6. The van der Waals surface area contributed by atoms with Crippen LogP contribution >= 0.6 is 0 Å². The summed E-state index contributed by atoms with van der Waals surface area (Å²) in [5.41, 5.74) is 0.963. The van der Waals surface area contributed by atoms with E-state index in [0.717, 1.165) is 24.2 Å². The molecule has 1 atom stereocenters. The summed E-state index contributed by atoms with van der Waals surface area (Å²) in [6.07, 6.45) is 4.88. The highest BCUT2D eigenvalue weighted by molar-refractivity contribution is 5.89. The molecule has 0 radical (unpaired) electrons. The van der Waals surface area contributed by atoms with Gasteiger partial charge in [0, 0.05) is 25.6 Å². The van der Waals surface area contributed by atoms with Crippen molar-refractivity contribution in [1.29, 1.82) is 0 Å². The normalized spacial score (nSPS) is 23.1. The summed E-state index contributed by atoms with van der Waals surface area (Å²) in [6.45, 7) is 1.24. The lowest BCUT2D eigenvalue weighted by Gasteiger charge is -2.23. The minimum atomic E-state index is -0.230. The van der Waals surface area contributed by atoms with E-state index < -0.39 is 0 Å². The largest absolute Gasteiger partial charge is 0.454 e. The molecule has 4 rings (SSSR count).